The van der Waals surface area contributed by atoms with Gasteiger partial charge in [-0.2, -0.15) is 0 Å². The van der Waals surface area contributed by atoms with Crippen LogP contribution in [0.2, 0.25) is 0 Å². The second kappa shape index (κ2) is 4.85. The van der Waals surface area contributed by atoms with Crippen molar-refractivity contribution in [1.29, 1.82) is 0 Å². The van der Waals surface area contributed by atoms with Gasteiger partial charge >= 0.3 is 0 Å². The molecular formula is C12H21ClO. The van der Waals surface area contributed by atoms with Crippen molar-refractivity contribution in [2.45, 2.75) is 44.4 Å². The minimum atomic E-state index is 0.444. The van der Waals surface area contributed by atoms with E-state index in [1.165, 1.54) is 32.1 Å². The highest BCUT2D eigenvalue weighted by atomic mass is 35.5. The molecule has 0 amide bonds. The van der Waals surface area contributed by atoms with E-state index in [1.807, 2.05) is 0 Å². The Balaban J connectivity index is 1.70. The average molecular weight is 217 g/mol. The quantitative estimate of drug-likeness (QED) is 0.657. The molecule has 1 heterocycles. The average Bonchev–Trinajstić information content (AvgIpc) is 2.77. The number of alkyl halides is 1. The topological polar surface area (TPSA) is 9.23 Å². The van der Waals surface area contributed by atoms with Gasteiger partial charge in [0.2, 0.25) is 0 Å². The maximum absolute atomic E-state index is 6.23. The van der Waals surface area contributed by atoms with Gasteiger partial charge in [0, 0.05) is 18.6 Å². The molecule has 0 bridgehead atoms. The highest BCUT2D eigenvalue weighted by Gasteiger charge is 2.31. The van der Waals surface area contributed by atoms with Crippen molar-refractivity contribution in [2.75, 3.05) is 13.2 Å². The zero-order valence-corrected chi connectivity index (χ0v) is 9.80. The second-order valence-corrected chi connectivity index (χ2v) is 5.58. The van der Waals surface area contributed by atoms with E-state index in [2.05, 4.69) is 6.92 Å². The van der Waals surface area contributed by atoms with Gasteiger partial charge in [-0.05, 0) is 49.9 Å². The van der Waals surface area contributed by atoms with E-state index in [9.17, 15) is 0 Å². The van der Waals surface area contributed by atoms with Crippen molar-refractivity contribution >= 4 is 11.6 Å². The van der Waals surface area contributed by atoms with Crippen LogP contribution >= 0.6 is 11.6 Å². The van der Waals surface area contributed by atoms with Crippen molar-refractivity contribution in [3.63, 3.8) is 0 Å². The lowest BCUT2D eigenvalue weighted by Gasteiger charge is -2.18. The van der Waals surface area contributed by atoms with E-state index >= 15 is 0 Å². The van der Waals surface area contributed by atoms with Crippen molar-refractivity contribution in [3.05, 3.63) is 0 Å². The molecule has 2 heteroatoms. The molecule has 0 radical (unpaired) electrons. The van der Waals surface area contributed by atoms with Crippen LogP contribution in [-0.4, -0.2) is 18.6 Å². The zero-order chi connectivity index (χ0) is 9.97. The fraction of sp³-hybridized carbons (Fsp3) is 1.00. The minimum Gasteiger partial charge on any atom is -0.381 e. The predicted molar refractivity (Wildman–Crippen MR) is 59.7 cm³/mol. The summed E-state index contributed by atoms with van der Waals surface area (Å²) in [7, 11) is 0. The molecule has 0 N–H and O–H groups in total. The molecule has 2 rings (SSSR count). The summed E-state index contributed by atoms with van der Waals surface area (Å²) in [6.45, 7) is 4.31. The molecule has 2 fully saturated rings. The first-order valence-electron chi connectivity index (χ1n) is 5.99. The number of rotatable bonds is 3. The number of hydrogen-bond donors (Lipinski definition) is 0. The second-order valence-electron chi connectivity index (χ2n) is 5.02. The Labute approximate surface area is 92.2 Å². The maximum Gasteiger partial charge on any atom is 0.0495 e. The summed E-state index contributed by atoms with van der Waals surface area (Å²) in [5.74, 6) is 2.47. The summed E-state index contributed by atoms with van der Waals surface area (Å²) < 4.78 is 5.39. The van der Waals surface area contributed by atoms with Crippen LogP contribution in [0, 0.1) is 17.8 Å². The van der Waals surface area contributed by atoms with Crippen LogP contribution in [0.4, 0.5) is 0 Å². The smallest absolute Gasteiger partial charge is 0.0495 e. The molecule has 1 aliphatic carbocycles. The van der Waals surface area contributed by atoms with Crippen LogP contribution in [0.5, 0.6) is 0 Å². The standard InChI is InChI=1S/C12H21ClO/c1-9-11(4-5-12(9)13)3-2-10-6-7-14-8-10/h9-12H,2-8H2,1H3. The van der Waals surface area contributed by atoms with Crippen LogP contribution in [0.25, 0.3) is 0 Å². The molecule has 2 aliphatic rings. The van der Waals surface area contributed by atoms with Gasteiger partial charge < -0.3 is 4.74 Å². The van der Waals surface area contributed by atoms with Gasteiger partial charge in [-0.25, -0.2) is 0 Å². The Morgan fingerprint density at radius 1 is 1.21 bits per heavy atom. The first-order chi connectivity index (χ1) is 6.77. The van der Waals surface area contributed by atoms with Gasteiger partial charge in [0.05, 0.1) is 0 Å². The Kier molecular flexibility index (Phi) is 3.73. The van der Waals surface area contributed by atoms with Gasteiger partial charge in [0.1, 0.15) is 0 Å². The molecule has 0 spiro atoms. The largest absolute Gasteiger partial charge is 0.381 e. The summed E-state index contributed by atoms with van der Waals surface area (Å²) in [6, 6.07) is 0. The van der Waals surface area contributed by atoms with Gasteiger partial charge in [0.15, 0.2) is 0 Å². The van der Waals surface area contributed by atoms with E-state index in [1.54, 1.807) is 0 Å². The highest BCUT2D eigenvalue weighted by molar-refractivity contribution is 6.20. The Bertz CT molecular complexity index is 177. The third kappa shape index (κ3) is 2.43. The Hall–Kier alpha value is 0.250. The fourth-order valence-electron chi connectivity index (χ4n) is 2.86. The molecule has 0 aromatic heterocycles. The van der Waals surface area contributed by atoms with E-state index in [-0.39, 0.29) is 0 Å². The van der Waals surface area contributed by atoms with E-state index in [4.69, 9.17) is 16.3 Å². The van der Waals surface area contributed by atoms with Crippen LogP contribution in [0.1, 0.15) is 39.0 Å². The van der Waals surface area contributed by atoms with Crippen molar-refractivity contribution in [3.8, 4) is 0 Å². The summed E-state index contributed by atoms with van der Waals surface area (Å²) in [4.78, 5) is 0. The third-order valence-corrected chi connectivity index (χ3v) is 4.71. The van der Waals surface area contributed by atoms with E-state index in [0.29, 0.717) is 5.38 Å². The molecule has 1 saturated carbocycles. The van der Waals surface area contributed by atoms with Gasteiger partial charge in [-0.1, -0.05) is 6.92 Å². The molecule has 82 valence electrons. The van der Waals surface area contributed by atoms with Gasteiger partial charge in [0.25, 0.3) is 0 Å². The van der Waals surface area contributed by atoms with Crippen molar-refractivity contribution < 1.29 is 4.74 Å². The summed E-state index contributed by atoms with van der Waals surface area (Å²) in [5, 5.41) is 0.444. The molecule has 1 aliphatic heterocycles. The summed E-state index contributed by atoms with van der Waals surface area (Å²) in [5.41, 5.74) is 0. The molecule has 14 heavy (non-hydrogen) atoms. The first kappa shape index (κ1) is 10.8. The maximum atomic E-state index is 6.23. The molecule has 4 unspecified atom stereocenters. The Morgan fingerprint density at radius 2 is 2.07 bits per heavy atom. The monoisotopic (exact) mass is 216 g/mol. The lowest BCUT2D eigenvalue weighted by Crippen LogP contribution is -2.12. The molecule has 1 saturated heterocycles. The van der Waals surface area contributed by atoms with E-state index < -0.39 is 0 Å². The molecular weight excluding hydrogens is 196 g/mol. The highest BCUT2D eigenvalue weighted by Crippen LogP contribution is 2.39. The number of hydrogen-bond acceptors (Lipinski definition) is 1. The van der Waals surface area contributed by atoms with Gasteiger partial charge in [-0.3, -0.25) is 0 Å². The van der Waals surface area contributed by atoms with Crippen molar-refractivity contribution in [1.82, 2.24) is 0 Å². The lowest BCUT2D eigenvalue weighted by molar-refractivity contribution is 0.181. The Morgan fingerprint density at radius 3 is 2.64 bits per heavy atom. The molecule has 4 atom stereocenters. The van der Waals surface area contributed by atoms with Crippen LogP contribution in [0.3, 0.4) is 0 Å². The number of halogens is 1. The minimum absolute atomic E-state index is 0.444. The van der Waals surface area contributed by atoms with Crippen molar-refractivity contribution in [2.24, 2.45) is 17.8 Å². The van der Waals surface area contributed by atoms with Crippen LogP contribution < -0.4 is 0 Å². The van der Waals surface area contributed by atoms with Gasteiger partial charge in [-0.15, -0.1) is 11.6 Å². The van der Waals surface area contributed by atoms with Crippen LogP contribution in [0.15, 0.2) is 0 Å². The van der Waals surface area contributed by atoms with E-state index in [0.717, 1.165) is 31.0 Å². The first-order valence-corrected chi connectivity index (χ1v) is 6.43. The summed E-state index contributed by atoms with van der Waals surface area (Å²) >= 11 is 6.23. The normalized spacial score (nSPS) is 43.3. The SMILES string of the molecule is CC1C(Cl)CCC1CCC1CCOC1. The molecule has 0 aromatic carbocycles. The zero-order valence-electron chi connectivity index (χ0n) is 9.05. The molecule has 0 aromatic rings. The number of ether oxygens (including phenoxy) is 1. The summed E-state index contributed by atoms with van der Waals surface area (Å²) in [6.07, 6.45) is 6.60. The fourth-order valence-corrected chi connectivity index (χ4v) is 3.19. The molecule has 1 nitrogen and oxygen atoms in total. The predicted octanol–water partition coefficient (Wildman–Crippen LogP) is 3.46. The lowest BCUT2D eigenvalue weighted by atomic mass is 9.89. The van der Waals surface area contributed by atoms with Crippen LogP contribution in [-0.2, 0) is 4.74 Å². The third-order valence-electron chi connectivity index (χ3n) is 4.10.